The van der Waals surface area contributed by atoms with Crippen LogP contribution in [-0.2, 0) is 16.4 Å². The number of nitrogens with zero attached hydrogens (tertiary/aromatic N) is 1. The van der Waals surface area contributed by atoms with E-state index in [0.29, 0.717) is 17.8 Å². The van der Waals surface area contributed by atoms with Gasteiger partial charge in [-0.2, -0.15) is 4.31 Å². The Hall–Kier alpha value is -2.79. The normalized spacial score (nSPS) is 12.6. The Bertz CT molecular complexity index is 1170. The van der Waals surface area contributed by atoms with Crippen molar-refractivity contribution < 1.29 is 22.7 Å². The van der Waals surface area contributed by atoms with Gasteiger partial charge in [0.15, 0.2) is 11.3 Å². The standard InChI is InChI=1S/C23H25NO5S/c1-4-5-13-24(30(26,27)20-9-6-17(2)7-10-20)19(16-25)15-18-8-11-22(28-3)23-21(18)12-14-29-23/h6-12,14,19,25H,13,15-16H2,1-3H3/t19-/m1/s1. The van der Waals surface area contributed by atoms with Crippen molar-refractivity contribution in [1.29, 1.82) is 0 Å². The van der Waals surface area contributed by atoms with E-state index in [-0.39, 0.29) is 18.0 Å². The Morgan fingerprint density at radius 1 is 1.17 bits per heavy atom. The molecule has 0 aliphatic carbocycles. The topological polar surface area (TPSA) is 80.0 Å². The minimum absolute atomic E-state index is 0.0113. The number of fused-ring (bicyclic) bond motifs is 1. The number of benzene rings is 2. The lowest BCUT2D eigenvalue weighted by Gasteiger charge is -2.28. The number of methoxy groups -OCH3 is 1. The third kappa shape index (κ3) is 4.36. The highest BCUT2D eigenvalue weighted by Crippen LogP contribution is 2.31. The Kier molecular flexibility index (Phi) is 6.83. The van der Waals surface area contributed by atoms with E-state index in [0.717, 1.165) is 16.5 Å². The number of aliphatic hydroxyl groups excluding tert-OH is 1. The number of rotatable bonds is 8. The van der Waals surface area contributed by atoms with Crippen molar-refractivity contribution >= 4 is 21.0 Å². The third-order valence-electron chi connectivity index (χ3n) is 5.00. The van der Waals surface area contributed by atoms with Gasteiger partial charge in [0.2, 0.25) is 10.0 Å². The first-order chi connectivity index (χ1) is 14.4. The zero-order valence-electron chi connectivity index (χ0n) is 17.3. The lowest BCUT2D eigenvalue weighted by atomic mass is 10.0. The van der Waals surface area contributed by atoms with Crippen LogP contribution in [0.5, 0.6) is 5.75 Å². The highest BCUT2D eigenvalue weighted by atomic mass is 32.2. The summed E-state index contributed by atoms with van der Waals surface area (Å²) in [7, 11) is -2.29. The monoisotopic (exact) mass is 427 g/mol. The number of aryl methyl sites for hydroxylation is 1. The number of ether oxygens (including phenoxy) is 1. The van der Waals surface area contributed by atoms with Crippen molar-refractivity contribution in [3.63, 3.8) is 0 Å². The van der Waals surface area contributed by atoms with Gasteiger partial charge in [-0.15, -0.1) is 5.92 Å². The van der Waals surface area contributed by atoms with Crippen molar-refractivity contribution in [2.24, 2.45) is 0 Å². The van der Waals surface area contributed by atoms with Crippen molar-refractivity contribution in [3.05, 3.63) is 59.9 Å². The molecular weight excluding hydrogens is 402 g/mol. The summed E-state index contributed by atoms with van der Waals surface area (Å²) < 4.78 is 38.8. The van der Waals surface area contributed by atoms with Crippen molar-refractivity contribution in [2.45, 2.75) is 31.2 Å². The first kappa shape index (κ1) is 21.9. The van der Waals surface area contributed by atoms with Gasteiger partial charge < -0.3 is 14.3 Å². The van der Waals surface area contributed by atoms with E-state index in [4.69, 9.17) is 9.15 Å². The minimum Gasteiger partial charge on any atom is -0.493 e. The van der Waals surface area contributed by atoms with E-state index < -0.39 is 16.1 Å². The second-order valence-electron chi connectivity index (χ2n) is 6.92. The van der Waals surface area contributed by atoms with Crippen LogP contribution in [0.15, 0.2) is 58.0 Å². The average molecular weight is 428 g/mol. The van der Waals surface area contributed by atoms with Crippen LogP contribution in [0, 0.1) is 18.8 Å². The predicted octanol–water partition coefficient (Wildman–Crippen LogP) is 3.37. The van der Waals surface area contributed by atoms with Crippen LogP contribution >= 0.6 is 0 Å². The molecule has 7 heteroatoms. The van der Waals surface area contributed by atoms with Gasteiger partial charge in [-0.25, -0.2) is 8.42 Å². The molecule has 3 aromatic rings. The van der Waals surface area contributed by atoms with Crippen LogP contribution < -0.4 is 4.74 Å². The molecule has 0 radical (unpaired) electrons. The summed E-state index contributed by atoms with van der Waals surface area (Å²) in [6.45, 7) is 3.20. The first-order valence-electron chi connectivity index (χ1n) is 9.54. The number of furan rings is 1. The van der Waals surface area contributed by atoms with Crippen molar-refractivity contribution in [3.8, 4) is 17.6 Å². The SMILES string of the molecule is CC#CCN([C@@H](CO)Cc1ccc(OC)c2occc12)S(=O)(=O)c1ccc(C)cc1. The van der Waals surface area contributed by atoms with E-state index in [1.165, 1.54) is 4.31 Å². The molecule has 1 aromatic heterocycles. The van der Waals surface area contributed by atoms with Crippen LogP contribution in [0.1, 0.15) is 18.1 Å². The summed E-state index contributed by atoms with van der Waals surface area (Å²) in [4.78, 5) is 0.174. The zero-order chi connectivity index (χ0) is 21.7. The van der Waals surface area contributed by atoms with E-state index in [9.17, 15) is 13.5 Å². The number of sulfonamides is 1. The predicted molar refractivity (Wildman–Crippen MR) is 116 cm³/mol. The summed E-state index contributed by atoms with van der Waals surface area (Å²) in [6.07, 6.45) is 1.86. The van der Waals surface area contributed by atoms with Gasteiger partial charge in [0.05, 0.1) is 37.5 Å². The molecule has 1 atom stereocenters. The number of aliphatic hydroxyl groups is 1. The molecule has 2 aromatic carbocycles. The fourth-order valence-electron chi connectivity index (χ4n) is 3.36. The molecule has 0 saturated carbocycles. The first-order valence-corrected chi connectivity index (χ1v) is 11.0. The lowest BCUT2D eigenvalue weighted by Crippen LogP contribution is -2.44. The molecule has 0 amide bonds. The maximum atomic E-state index is 13.4. The Morgan fingerprint density at radius 2 is 1.90 bits per heavy atom. The molecule has 0 bridgehead atoms. The van der Waals surface area contributed by atoms with Crippen LogP contribution in [0.4, 0.5) is 0 Å². The van der Waals surface area contributed by atoms with E-state index in [2.05, 4.69) is 11.8 Å². The molecule has 158 valence electrons. The van der Waals surface area contributed by atoms with Gasteiger partial charge in [-0.3, -0.25) is 0 Å². The van der Waals surface area contributed by atoms with E-state index in [1.807, 2.05) is 19.1 Å². The smallest absolute Gasteiger partial charge is 0.244 e. The lowest BCUT2D eigenvalue weighted by molar-refractivity contribution is 0.195. The highest BCUT2D eigenvalue weighted by molar-refractivity contribution is 7.89. The fourth-order valence-corrected chi connectivity index (χ4v) is 4.88. The number of hydrogen-bond donors (Lipinski definition) is 1. The van der Waals surface area contributed by atoms with Gasteiger partial charge in [0.1, 0.15) is 0 Å². The van der Waals surface area contributed by atoms with Crippen molar-refractivity contribution in [2.75, 3.05) is 20.3 Å². The molecule has 6 nitrogen and oxygen atoms in total. The summed E-state index contributed by atoms with van der Waals surface area (Å²) in [5.74, 6) is 6.18. The molecular formula is C23H25NO5S. The van der Waals surface area contributed by atoms with Gasteiger partial charge in [-0.05, 0) is 50.1 Å². The summed E-state index contributed by atoms with van der Waals surface area (Å²) in [6, 6.07) is 11.4. The largest absolute Gasteiger partial charge is 0.493 e. The summed E-state index contributed by atoms with van der Waals surface area (Å²) in [5.41, 5.74) is 2.41. The quantitative estimate of drug-likeness (QED) is 0.558. The van der Waals surface area contributed by atoms with E-state index >= 15 is 0 Å². The second kappa shape index (κ2) is 9.35. The van der Waals surface area contributed by atoms with Gasteiger partial charge in [-0.1, -0.05) is 29.7 Å². The molecule has 30 heavy (non-hydrogen) atoms. The maximum Gasteiger partial charge on any atom is 0.244 e. The highest BCUT2D eigenvalue weighted by Gasteiger charge is 2.31. The van der Waals surface area contributed by atoms with Crippen molar-refractivity contribution in [1.82, 2.24) is 4.31 Å². The Morgan fingerprint density at radius 3 is 2.53 bits per heavy atom. The number of hydrogen-bond acceptors (Lipinski definition) is 5. The Balaban J connectivity index is 2.01. The molecule has 0 aliphatic rings. The molecule has 1 N–H and O–H groups in total. The molecule has 1 heterocycles. The molecule has 0 spiro atoms. The molecule has 0 unspecified atom stereocenters. The van der Waals surface area contributed by atoms with Crippen LogP contribution in [0.25, 0.3) is 11.0 Å². The molecule has 0 fully saturated rings. The summed E-state index contributed by atoms with van der Waals surface area (Å²) >= 11 is 0. The van der Waals surface area contributed by atoms with Crippen LogP contribution in [0.3, 0.4) is 0 Å². The second-order valence-corrected chi connectivity index (χ2v) is 8.81. The van der Waals surface area contributed by atoms with Crippen LogP contribution in [0.2, 0.25) is 0 Å². The van der Waals surface area contributed by atoms with E-state index in [1.54, 1.807) is 50.6 Å². The van der Waals surface area contributed by atoms with Gasteiger partial charge in [0.25, 0.3) is 0 Å². The van der Waals surface area contributed by atoms with Crippen LogP contribution in [-0.4, -0.2) is 44.1 Å². The maximum absolute atomic E-state index is 13.4. The fraction of sp³-hybridized carbons (Fsp3) is 0.304. The van der Waals surface area contributed by atoms with Gasteiger partial charge in [0, 0.05) is 5.39 Å². The minimum atomic E-state index is -3.85. The average Bonchev–Trinajstić information content (AvgIpc) is 3.23. The Labute approximate surface area is 177 Å². The zero-order valence-corrected chi connectivity index (χ0v) is 18.1. The third-order valence-corrected chi connectivity index (χ3v) is 6.92. The summed E-state index contributed by atoms with van der Waals surface area (Å²) in [5, 5.41) is 11.0. The molecule has 0 saturated heterocycles. The molecule has 0 aliphatic heterocycles. The van der Waals surface area contributed by atoms with Gasteiger partial charge >= 0.3 is 0 Å². The molecule has 3 rings (SSSR count).